The van der Waals surface area contributed by atoms with E-state index >= 15 is 0 Å². The van der Waals surface area contributed by atoms with Gasteiger partial charge in [0.05, 0.1) is 12.9 Å². The largest absolute Gasteiger partial charge is 0.493 e. The number of amides is 2. The monoisotopic (exact) mass is 622 g/mol. The highest BCUT2D eigenvalue weighted by Gasteiger charge is 2.23. The smallest absolute Gasteiger partial charge is 0.323 e. The van der Waals surface area contributed by atoms with Gasteiger partial charge in [0.2, 0.25) is 0 Å². The van der Waals surface area contributed by atoms with Crippen LogP contribution in [0.25, 0.3) is 22.2 Å². The maximum absolute atomic E-state index is 14.2. The van der Waals surface area contributed by atoms with E-state index in [0.717, 1.165) is 29.4 Å². The number of nitrogens with one attached hydrogen (secondary N) is 2. The predicted molar refractivity (Wildman–Crippen MR) is 183 cm³/mol. The summed E-state index contributed by atoms with van der Waals surface area (Å²) in [6.45, 7) is 9.79. The number of aliphatic hydroxyl groups excluding tert-OH is 1. The second kappa shape index (κ2) is 14.4. The standard InChI is InChI=1S/C36H42N6O4/c1-5-6-17-42-33-28(12-8-15-38-33)31(26-10-7-11-27(22-26)46-20-9-19-43)32(34(42)44)40-35(45)39-30-21-25(23-41-18-16-37-24-41)13-14-29(30)36(2,3)4/h7-8,10-16,18,21-22,24,43H,5-6,9,17,19-20,23H2,1-4H3,(H2,39,40,45). The van der Waals surface area contributed by atoms with Crippen LogP contribution in [0, 0.1) is 0 Å². The molecule has 0 bridgehead atoms. The van der Waals surface area contributed by atoms with Crippen LogP contribution < -0.4 is 20.9 Å². The maximum atomic E-state index is 14.2. The molecule has 3 N–H and O–H groups in total. The third kappa shape index (κ3) is 7.46. The van der Waals surface area contributed by atoms with E-state index in [9.17, 15) is 14.7 Å². The summed E-state index contributed by atoms with van der Waals surface area (Å²) in [4.78, 5) is 36.9. The van der Waals surface area contributed by atoms with Crippen LogP contribution in [0.15, 0.2) is 84.3 Å². The van der Waals surface area contributed by atoms with Crippen molar-refractivity contribution in [2.75, 3.05) is 23.8 Å². The highest BCUT2D eigenvalue weighted by atomic mass is 16.5. The van der Waals surface area contributed by atoms with Crippen molar-refractivity contribution in [1.82, 2.24) is 19.1 Å². The number of anilines is 2. The number of carbonyl (C=O) groups is 1. The summed E-state index contributed by atoms with van der Waals surface area (Å²) in [6.07, 6.45) is 9.22. The normalized spacial score (nSPS) is 11.5. The minimum absolute atomic E-state index is 0.0263. The third-order valence-corrected chi connectivity index (χ3v) is 7.75. The second-order valence-electron chi connectivity index (χ2n) is 12.3. The highest BCUT2D eigenvalue weighted by molar-refractivity contribution is 6.07. The molecule has 46 heavy (non-hydrogen) atoms. The van der Waals surface area contributed by atoms with Crippen molar-refractivity contribution in [3.63, 3.8) is 0 Å². The Labute approximate surface area is 269 Å². The van der Waals surface area contributed by atoms with Crippen molar-refractivity contribution < 1.29 is 14.6 Å². The van der Waals surface area contributed by atoms with E-state index in [2.05, 4.69) is 54.4 Å². The summed E-state index contributed by atoms with van der Waals surface area (Å²) in [7, 11) is 0. The first kappa shape index (κ1) is 32.4. The number of hydrogen-bond donors (Lipinski definition) is 3. The molecular weight excluding hydrogens is 580 g/mol. The number of ether oxygens (including phenoxy) is 1. The predicted octanol–water partition coefficient (Wildman–Crippen LogP) is 6.81. The van der Waals surface area contributed by atoms with E-state index in [1.54, 1.807) is 23.3 Å². The Kier molecular flexibility index (Phi) is 10.2. The number of rotatable bonds is 12. The molecule has 240 valence electrons. The van der Waals surface area contributed by atoms with Gasteiger partial charge in [-0.15, -0.1) is 0 Å². The van der Waals surface area contributed by atoms with Gasteiger partial charge in [0.25, 0.3) is 5.56 Å². The average molecular weight is 623 g/mol. The topological polar surface area (TPSA) is 123 Å². The van der Waals surface area contributed by atoms with E-state index < -0.39 is 6.03 Å². The van der Waals surface area contributed by atoms with Crippen molar-refractivity contribution in [3.05, 3.63) is 101 Å². The fourth-order valence-corrected chi connectivity index (χ4v) is 5.52. The van der Waals surface area contributed by atoms with Crippen LogP contribution >= 0.6 is 0 Å². The Morgan fingerprint density at radius 2 is 1.87 bits per heavy atom. The van der Waals surface area contributed by atoms with Gasteiger partial charge in [-0.1, -0.05) is 58.4 Å². The molecule has 0 spiro atoms. The number of unbranched alkanes of at least 4 members (excludes halogenated alkanes) is 1. The van der Waals surface area contributed by atoms with Crippen molar-refractivity contribution >= 4 is 28.4 Å². The first-order chi connectivity index (χ1) is 22.2. The zero-order chi connectivity index (χ0) is 32.7. The van der Waals surface area contributed by atoms with E-state index in [0.29, 0.717) is 54.3 Å². The van der Waals surface area contributed by atoms with Gasteiger partial charge in [-0.3, -0.25) is 9.36 Å². The van der Waals surface area contributed by atoms with Crippen LogP contribution in [0.1, 0.15) is 58.1 Å². The number of urea groups is 1. The van der Waals surface area contributed by atoms with Gasteiger partial charge in [-0.05, 0) is 58.9 Å². The van der Waals surface area contributed by atoms with E-state index in [-0.39, 0.29) is 23.3 Å². The Hall–Kier alpha value is -4.96. The van der Waals surface area contributed by atoms with Gasteiger partial charge < -0.3 is 25.0 Å². The van der Waals surface area contributed by atoms with Gasteiger partial charge in [0.1, 0.15) is 17.1 Å². The number of hydrogen-bond acceptors (Lipinski definition) is 6. The fraction of sp³-hybridized carbons (Fsp3) is 0.333. The number of nitrogens with zero attached hydrogens (tertiary/aromatic N) is 4. The molecule has 5 aromatic rings. The van der Waals surface area contributed by atoms with Crippen molar-refractivity contribution in [3.8, 4) is 16.9 Å². The molecule has 10 heteroatoms. The Bertz CT molecular complexity index is 1860. The van der Waals surface area contributed by atoms with Crippen molar-refractivity contribution in [2.45, 2.75) is 65.5 Å². The molecule has 0 saturated heterocycles. The molecule has 2 amide bonds. The molecule has 3 heterocycles. The van der Waals surface area contributed by atoms with Crippen LogP contribution in [0.4, 0.5) is 16.2 Å². The lowest BCUT2D eigenvalue weighted by atomic mass is 9.85. The molecular formula is C36H42N6O4. The molecule has 0 aliphatic rings. The molecule has 0 saturated carbocycles. The highest BCUT2D eigenvalue weighted by Crippen LogP contribution is 2.35. The van der Waals surface area contributed by atoms with E-state index in [1.165, 1.54) is 0 Å². The molecule has 0 aliphatic heterocycles. The SMILES string of the molecule is CCCCn1c(=O)c(NC(=O)Nc2cc(Cn3ccnc3)ccc2C(C)(C)C)c(-c2cccc(OCCCO)c2)c2cccnc21. The number of benzene rings is 2. The third-order valence-electron chi connectivity index (χ3n) is 7.75. The first-order valence-corrected chi connectivity index (χ1v) is 15.7. The van der Waals surface area contributed by atoms with Crippen molar-refractivity contribution in [2.24, 2.45) is 0 Å². The zero-order valence-corrected chi connectivity index (χ0v) is 26.9. The number of carbonyl (C=O) groups excluding carboxylic acids is 1. The molecule has 0 fully saturated rings. The first-order valence-electron chi connectivity index (χ1n) is 15.7. The Morgan fingerprint density at radius 3 is 2.61 bits per heavy atom. The number of aromatic nitrogens is 4. The number of pyridine rings is 2. The summed E-state index contributed by atoms with van der Waals surface area (Å²) >= 11 is 0. The molecule has 0 radical (unpaired) electrons. The fourth-order valence-electron chi connectivity index (χ4n) is 5.52. The molecule has 10 nitrogen and oxygen atoms in total. The van der Waals surface area contributed by atoms with Gasteiger partial charge >= 0.3 is 6.03 Å². The van der Waals surface area contributed by atoms with Crippen LogP contribution in [0.3, 0.4) is 0 Å². The maximum Gasteiger partial charge on any atom is 0.323 e. The summed E-state index contributed by atoms with van der Waals surface area (Å²) < 4.78 is 9.47. The van der Waals surface area contributed by atoms with E-state index in [1.807, 2.05) is 59.3 Å². The van der Waals surface area contributed by atoms with Gasteiger partial charge in [0.15, 0.2) is 0 Å². The minimum Gasteiger partial charge on any atom is -0.493 e. The summed E-state index contributed by atoms with van der Waals surface area (Å²) in [5.74, 6) is 0.595. The zero-order valence-electron chi connectivity index (χ0n) is 26.9. The molecule has 0 unspecified atom stereocenters. The average Bonchev–Trinajstić information content (AvgIpc) is 3.54. The molecule has 3 aromatic heterocycles. The lowest BCUT2D eigenvalue weighted by Gasteiger charge is -2.24. The quantitative estimate of drug-likeness (QED) is 0.131. The molecule has 0 aliphatic carbocycles. The lowest BCUT2D eigenvalue weighted by Crippen LogP contribution is -2.30. The Morgan fingerprint density at radius 1 is 1.02 bits per heavy atom. The number of fused-ring (bicyclic) bond motifs is 1. The van der Waals surface area contributed by atoms with Crippen LogP contribution in [-0.2, 0) is 18.5 Å². The summed E-state index contributed by atoms with van der Waals surface area (Å²) in [6, 6.07) is 16.7. The number of aliphatic hydroxyl groups is 1. The van der Waals surface area contributed by atoms with Crippen molar-refractivity contribution in [1.29, 1.82) is 0 Å². The second-order valence-corrected chi connectivity index (χ2v) is 12.3. The molecule has 2 aromatic carbocycles. The molecule has 5 rings (SSSR count). The van der Waals surface area contributed by atoms with Gasteiger partial charge in [0, 0.05) is 61.3 Å². The number of imidazole rings is 1. The molecule has 0 atom stereocenters. The summed E-state index contributed by atoms with van der Waals surface area (Å²) in [5.41, 5.74) is 4.02. The van der Waals surface area contributed by atoms with Crippen LogP contribution in [-0.4, -0.2) is 43.5 Å². The lowest BCUT2D eigenvalue weighted by molar-refractivity contribution is 0.233. The summed E-state index contributed by atoms with van der Waals surface area (Å²) in [5, 5.41) is 15.9. The number of aryl methyl sites for hydroxylation is 1. The van der Waals surface area contributed by atoms with Crippen LogP contribution in [0.5, 0.6) is 5.75 Å². The van der Waals surface area contributed by atoms with Crippen LogP contribution in [0.2, 0.25) is 0 Å². The van der Waals surface area contributed by atoms with Gasteiger partial charge in [-0.2, -0.15) is 0 Å². The van der Waals surface area contributed by atoms with E-state index in [4.69, 9.17) is 4.74 Å². The van der Waals surface area contributed by atoms with Gasteiger partial charge in [-0.25, -0.2) is 14.8 Å². The Balaban J connectivity index is 1.59. The minimum atomic E-state index is -0.524.